The Balaban J connectivity index is 2.11. The van der Waals surface area contributed by atoms with Crippen molar-refractivity contribution in [3.05, 3.63) is 47.9 Å². The van der Waals surface area contributed by atoms with E-state index in [4.69, 9.17) is 14.0 Å². The number of aromatic nitrogens is 1. The van der Waals surface area contributed by atoms with E-state index >= 15 is 0 Å². The average molecular weight is 318 g/mol. The lowest BCUT2D eigenvalue weighted by molar-refractivity contribution is -0.148. The Labute approximate surface area is 133 Å². The molecule has 122 valence electrons. The number of hydrogen-bond acceptors (Lipinski definition) is 6. The number of methoxy groups -OCH3 is 1. The fourth-order valence-corrected chi connectivity index (χ4v) is 1.90. The van der Waals surface area contributed by atoms with Gasteiger partial charge < -0.3 is 19.3 Å². The third-order valence-electron chi connectivity index (χ3n) is 3.15. The molecule has 0 unspecified atom stereocenters. The van der Waals surface area contributed by atoms with Crippen molar-refractivity contribution in [2.45, 2.75) is 19.4 Å². The fourth-order valence-electron chi connectivity index (χ4n) is 1.90. The van der Waals surface area contributed by atoms with E-state index in [9.17, 15) is 9.59 Å². The topological polar surface area (TPSA) is 90.7 Å². The monoisotopic (exact) mass is 318 g/mol. The van der Waals surface area contributed by atoms with Gasteiger partial charge >= 0.3 is 5.97 Å². The summed E-state index contributed by atoms with van der Waals surface area (Å²) in [5, 5.41) is 6.21. The molecule has 1 N–H and O–H groups in total. The molecule has 2 aromatic rings. The molecule has 0 bridgehead atoms. The van der Waals surface area contributed by atoms with Crippen LogP contribution < -0.4 is 10.1 Å². The van der Waals surface area contributed by atoms with Gasteiger partial charge in [-0.1, -0.05) is 23.4 Å². The van der Waals surface area contributed by atoms with Gasteiger partial charge in [0, 0.05) is 6.07 Å². The molecule has 1 heterocycles. The fraction of sp³-hybridized carbons (Fsp3) is 0.312. The summed E-state index contributed by atoms with van der Waals surface area (Å²) >= 11 is 0. The lowest BCUT2D eigenvalue weighted by Crippen LogP contribution is -2.56. The van der Waals surface area contributed by atoms with Crippen LogP contribution in [0.1, 0.15) is 23.2 Å². The number of nitrogens with one attached hydrogen (secondary N) is 1. The first-order chi connectivity index (χ1) is 10.9. The molecule has 23 heavy (non-hydrogen) atoms. The highest BCUT2D eigenvalue weighted by molar-refractivity contribution is 5.96. The molecule has 1 atom stereocenters. The van der Waals surface area contributed by atoms with E-state index in [-0.39, 0.29) is 12.4 Å². The van der Waals surface area contributed by atoms with Gasteiger partial charge in [0.1, 0.15) is 12.4 Å². The molecule has 2 rings (SSSR count). The maximum atomic E-state index is 12.2. The lowest BCUT2D eigenvalue weighted by atomic mass is 10.0. The molecule has 0 fully saturated rings. The van der Waals surface area contributed by atoms with Crippen molar-refractivity contribution >= 4 is 11.9 Å². The Bertz CT molecular complexity index is 683. The number of carbonyl (C=O) groups is 2. The number of esters is 1. The van der Waals surface area contributed by atoms with Crippen LogP contribution in [0.4, 0.5) is 0 Å². The van der Waals surface area contributed by atoms with Gasteiger partial charge in [-0.25, -0.2) is 4.79 Å². The largest absolute Gasteiger partial charge is 0.491 e. The number of ether oxygens (including phenoxy) is 2. The van der Waals surface area contributed by atoms with Gasteiger partial charge in [-0.3, -0.25) is 4.79 Å². The zero-order valence-corrected chi connectivity index (χ0v) is 13.2. The van der Waals surface area contributed by atoms with E-state index < -0.39 is 17.4 Å². The first-order valence-corrected chi connectivity index (χ1v) is 6.97. The third kappa shape index (κ3) is 4.09. The number of rotatable bonds is 6. The second kappa shape index (κ2) is 6.95. The molecular formula is C16H18N2O5. The molecule has 0 spiro atoms. The van der Waals surface area contributed by atoms with E-state index in [1.165, 1.54) is 20.1 Å². The molecule has 0 aliphatic carbocycles. The molecule has 0 saturated carbocycles. The number of amides is 1. The highest BCUT2D eigenvalue weighted by Gasteiger charge is 2.38. The van der Waals surface area contributed by atoms with Crippen LogP contribution in [-0.2, 0) is 9.53 Å². The molecule has 7 nitrogen and oxygen atoms in total. The second-order valence-electron chi connectivity index (χ2n) is 5.21. The van der Waals surface area contributed by atoms with Crippen molar-refractivity contribution < 1.29 is 23.6 Å². The molecule has 0 saturated heterocycles. The number of nitrogens with zero attached hydrogens (tertiary/aromatic N) is 1. The van der Waals surface area contributed by atoms with Crippen LogP contribution in [0, 0.1) is 6.92 Å². The van der Waals surface area contributed by atoms with Gasteiger partial charge in [0.25, 0.3) is 5.91 Å². The predicted octanol–water partition coefficient (Wildman–Crippen LogP) is 1.72. The first-order valence-electron chi connectivity index (χ1n) is 6.97. The molecule has 1 aromatic carbocycles. The zero-order valence-electron chi connectivity index (χ0n) is 13.2. The first kappa shape index (κ1) is 16.5. The molecular weight excluding hydrogens is 300 g/mol. The summed E-state index contributed by atoms with van der Waals surface area (Å²) in [5.41, 5.74) is -0.807. The Morgan fingerprint density at radius 1 is 1.30 bits per heavy atom. The highest BCUT2D eigenvalue weighted by Crippen LogP contribution is 2.15. The van der Waals surface area contributed by atoms with E-state index in [1.54, 1.807) is 31.2 Å². The summed E-state index contributed by atoms with van der Waals surface area (Å²) in [6.45, 7) is 3.11. The number of aryl methyl sites for hydroxylation is 1. The van der Waals surface area contributed by atoms with Gasteiger partial charge in [0.05, 0.1) is 12.8 Å². The predicted molar refractivity (Wildman–Crippen MR) is 81.1 cm³/mol. The Hall–Kier alpha value is -2.83. The van der Waals surface area contributed by atoms with Crippen molar-refractivity contribution in [1.82, 2.24) is 10.5 Å². The molecule has 0 aliphatic rings. The summed E-state index contributed by atoms with van der Waals surface area (Å²) in [6, 6.07) is 10.4. The second-order valence-corrected chi connectivity index (χ2v) is 5.21. The average Bonchev–Trinajstić information content (AvgIpc) is 3.00. The van der Waals surface area contributed by atoms with Crippen LogP contribution in [0.15, 0.2) is 40.9 Å². The van der Waals surface area contributed by atoms with Crippen LogP contribution in [-0.4, -0.2) is 36.3 Å². The molecule has 0 aliphatic heterocycles. The maximum absolute atomic E-state index is 12.2. The summed E-state index contributed by atoms with van der Waals surface area (Å²) in [5.74, 6) is -0.613. The summed E-state index contributed by atoms with van der Waals surface area (Å²) in [7, 11) is 1.24. The van der Waals surface area contributed by atoms with Crippen LogP contribution in [0.3, 0.4) is 0 Å². The zero-order chi connectivity index (χ0) is 16.9. The number of carbonyl (C=O) groups excluding carboxylic acids is 2. The van der Waals surface area contributed by atoms with Crippen LogP contribution in [0.25, 0.3) is 0 Å². The molecule has 1 aromatic heterocycles. The standard InChI is InChI=1S/C16H18N2O5/c1-11-9-13(23-18-11)14(19)17-16(2,15(20)21-3)10-22-12-7-5-4-6-8-12/h4-9H,10H2,1-3H3,(H,17,19)/t16-/m1/s1. The van der Waals surface area contributed by atoms with E-state index in [0.29, 0.717) is 11.4 Å². The lowest BCUT2D eigenvalue weighted by Gasteiger charge is -2.27. The van der Waals surface area contributed by atoms with E-state index in [2.05, 4.69) is 10.5 Å². The van der Waals surface area contributed by atoms with Gasteiger partial charge in [0.15, 0.2) is 5.54 Å². The number of benzene rings is 1. The maximum Gasteiger partial charge on any atom is 0.334 e. The van der Waals surface area contributed by atoms with Gasteiger partial charge in [0.2, 0.25) is 5.76 Å². The molecule has 7 heteroatoms. The number of hydrogen-bond donors (Lipinski definition) is 1. The highest BCUT2D eigenvalue weighted by atomic mass is 16.5. The van der Waals surface area contributed by atoms with Gasteiger partial charge in [-0.15, -0.1) is 0 Å². The van der Waals surface area contributed by atoms with Crippen molar-refractivity contribution in [3.8, 4) is 5.75 Å². The minimum atomic E-state index is -1.37. The summed E-state index contributed by atoms with van der Waals surface area (Å²) < 4.78 is 15.2. The summed E-state index contributed by atoms with van der Waals surface area (Å²) in [6.07, 6.45) is 0. The van der Waals surface area contributed by atoms with Crippen molar-refractivity contribution in [2.24, 2.45) is 0 Å². The SMILES string of the molecule is COC(=O)[C@@](C)(COc1ccccc1)NC(=O)c1cc(C)no1. The quantitative estimate of drug-likeness (QED) is 0.816. The minimum Gasteiger partial charge on any atom is -0.491 e. The Kier molecular flexibility index (Phi) is 5.00. The van der Waals surface area contributed by atoms with Crippen molar-refractivity contribution in [1.29, 1.82) is 0 Å². The van der Waals surface area contributed by atoms with Crippen LogP contribution >= 0.6 is 0 Å². The van der Waals surface area contributed by atoms with E-state index in [1.807, 2.05) is 6.07 Å². The van der Waals surface area contributed by atoms with Gasteiger partial charge in [-0.2, -0.15) is 0 Å². The van der Waals surface area contributed by atoms with Crippen molar-refractivity contribution in [2.75, 3.05) is 13.7 Å². The molecule has 1 amide bonds. The Morgan fingerprint density at radius 2 is 2.00 bits per heavy atom. The van der Waals surface area contributed by atoms with Gasteiger partial charge in [-0.05, 0) is 26.0 Å². The molecule has 0 radical (unpaired) electrons. The summed E-state index contributed by atoms with van der Waals surface area (Å²) in [4.78, 5) is 24.3. The number of para-hydroxylation sites is 1. The normalized spacial score (nSPS) is 13.0. The van der Waals surface area contributed by atoms with Crippen LogP contribution in [0.5, 0.6) is 5.75 Å². The smallest absolute Gasteiger partial charge is 0.334 e. The minimum absolute atomic E-state index is 0.0114. The van der Waals surface area contributed by atoms with Crippen LogP contribution in [0.2, 0.25) is 0 Å². The Morgan fingerprint density at radius 3 is 2.57 bits per heavy atom. The third-order valence-corrected chi connectivity index (χ3v) is 3.15. The van der Waals surface area contributed by atoms with Crippen molar-refractivity contribution in [3.63, 3.8) is 0 Å². The van der Waals surface area contributed by atoms with E-state index in [0.717, 1.165) is 0 Å².